The smallest absolute Gasteiger partial charge is 0.272 e. The second-order valence-electron chi connectivity index (χ2n) is 2.56. The molecule has 0 bridgehead atoms. The molecule has 0 amide bonds. The third kappa shape index (κ3) is 0.821. The summed E-state index contributed by atoms with van der Waals surface area (Å²) in [5.74, 6) is 6.28. The number of ketones is 1. The van der Waals surface area contributed by atoms with E-state index in [9.17, 15) is 4.79 Å². The van der Waals surface area contributed by atoms with E-state index in [2.05, 4.69) is 9.98 Å². The predicted molar refractivity (Wildman–Crippen MR) is 39.4 cm³/mol. The molecule has 2 heterocycles. The largest absolute Gasteiger partial charge is 0.287 e. The molecule has 11 heavy (non-hydrogen) atoms. The van der Waals surface area contributed by atoms with Crippen molar-refractivity contribution in [2.75, 3.05) is 6.54 Å². The number of aliphatic imine (C=N–C) groups is 2. The third-order valence-electron chi connectivity index (χ3n) is 1.65. The van der Waals surface area contributed by atoms with Gasteiger partial charge in [0.05, 0.1) is 6.21 Å². The average molecular weight is 151 g/mol. The molecule has 2 aliphatic heterocycles. The maximum atomic E-state index is 10.9. The van der Waals surface area contributed by atoms with Gasteiger partial charge in [-0.05, 0) is 0 Å². The molecule has 0 radical (unpaired) electrons. The zero-order valence-electron chi connectivity index (χ0n) is 5.77. The van der Waals surface area contributed by atoms with E-state index in [0.29, 0.717) is 5.82 Å². The van der Waals surface area contributed by atoms with Crippen LogP contribution in [0.1, 0.15) is 0 Å². The Labute approximate surface area is 63.1 Å². The maximum absolute atomic E-state index is 10.9. The summed E-state index contributed by atoms with van der Waals surface area (Å²) in [6, 6.07) is 0. The number of hydrogen-bond acceptors (Lipinski definition) is 4. The van der Waals surface area contributed by atoms with E-state index in [1.54, 1.807) is 6.20 Å². The molecular formula is C6H7N4O+. The molecule has 0 aliphatic carbocycles. The lowest BCUT2D eigenvalue weighted by molar-refractivity contribution is -0.798. The summed E-state index contributed by atoms with van der Waals surface area (Å²) < 4.78 is -0.0741. The molecule has 0 aromatic heterocycles. The van der Waals surface area contributed by atoms with Gasteiger partial charge < -0.3 is 0 Å². The molecule has 0 aromatic carbocycles. The minimum atomic E-state index is -0.0741. The highest BCUT2D eigenvalue weighted by Gasteiger charge is 2.36. The molecule has 1 unspecified atom stereocenters. The number of Topliss-reactive ketones (excluding diaryl/α,β-unsaturated/α-hetero) is 1. The quantitative estimate of drug-likeness (QED) is 0.362. The first kappa shape index (κ1) is 6.38. The number of nitrogens with two attached hydrogens (primary N) is 1. The molecule has 0 aromatic rings. The van der Waals surface area contributed by atoms with Crippen molar-refractivity contribution in [3.8, 4) is 0 Å². The van der Waals surface area contributed by atoms with Crippen molar-refractivity contribution in [3.63, 3.8) is 0 Å². The standard InChI is InChI=1S/C6H7N4O/c7-10-3-5(11)1-9-6(10)2-8-4-10/h1-2,4H,3,7H2/q+1. The van der Waals surface area contributed by atoms with Gasteiger partial charge in [-0.15, -0.1) is 0 Å². The molecule has 5 nitrogen and oxygen atoms in total. The van der Waals surface area contributed by atoms with Crippen LogP contribution >= 0.6 is 0 Å². The fourth-order valence-corrected chi connectivity index (χ4v) is 1.09. The first-order valence-electron chi connectivity index (χ1n) is 3.19. The van der Waals surface area contributed by atoms with E-state index < -0.39 is 0 Å². The van der Waals surface area contributed by atoms with E-state index in [4.69, 9.17) is 5.84 Å². The first-order chi connectivity index (χ1) is 5.21. The Hall–Kier alpha value is -1.33. The van der Waals surface area contributed by atoms with E-state index in [1.807, 2.05) is 0 Å². The second-order valence-corrected chi connectivity index (χ2v) is 2.56. The van der Waals surface area contributed by atoms with E-state index in [0.717, 1.165) is 0 Å². The Kier molecular flexibility index (Phi) is 1.07. The second kappa shape index (κ2) is 1.84. The Morgan fingerprint density at radius 2 is 2.45 bits per heavy atom. The predicted octanol–water partition coefficient (Wildman–Crippen LogP) is -0.829. The number of carbonyl (C=O) groups is 1. The lowest BCUT2D eigenvalue weighted by Gasteiger charge is -2.24. The van der Waals surface area contributed by atoms with Crippen LogP contribution in [0, 0.1) is 0 Å². The molecule has 5 heteroatoms. The summed E-state index contributed by atoms with van der Waals surface area (Å²) in [7, 11) is 0. The van der Waals surface area contributed by atoms with Gasteiger partial charge in [-0.3, -0.25) is 4.79 Å². The van der Waals surface area contributed by atoms with Crippen molar-refractivity contribution in [3.05, 3.63) is 12.0 Å². The van der Waals surface area contributed by atoms with Crippen LogP contribution < -0.4 is 5.84 Å². The van der Waals surface area contributed by atoms with Crippen LogP contribution in [0.5, 0.6) is 0 Å². The van der Waals surface area contributed by atoms with Gasteiger partial charge in [-0.25, -0.2) is 4.99 Å². The van der Waals surface area contributed by atoms with Gasteiger partial charge in [0.25, 0.3) is 5.82 Å². The maximum Gasteiger partial charge on any atom is 0.272 e. The SMILES string of the molecule is N[N+]12C=NC=C1N=CC(=O)C2. The Balaban J connectivity index is 2.46. The van der Waals surface area contributed by atoms with Crippen molar-refractivity contribution >= 4 is 18.3 Å². The minimum absolute atomic E-state index is 0.0713. The lowest BCUT2D eigenvalue weighted by Crippen LogP contribution is -2.55. The number of nitrogens with zero attached hydrogens (tertiary/aromatic N) is 3. The summed E-state index contributed by atoms with van der Waals surface area (Å²) >= 11 is 0. The van der Waals surface area contributed by atoms with E-state index >= 15 is 0 Å². The molecule has 0 fully saturated rings. The molecule has 0 saturated heterocycles. The van der Waals surface area contributed by atoms with Crippen LogP contribution in [0.2, 0.25) is 0 Å². The van der Waals surface area contributed by atoms with Crippen LogP contribution in [0.25, 0.3) is 0 Å². The van der Waals surface area contributed by atoms with Crippen LogP contribution in [0.3, 0.4) is 0 Å². The Morgan fingerprint density at radius 3 is 3.27 bits per heavy atom. The first-order valence-corrected chi connectivity index (χ1v) is 3.19. The molecule has 2 aliphatic rings. The van der Waals surface area contributed by atoms with Crippen molar-refractivity contribution in [2.24, 2.45) is 15.8 Å². The van der Waals surface area contributed by atoms with Gasteiger partial charge in [0.15, 0.2) is 6.54 Å². The van der Waals surface area contributed by atoms with Crippen molar-refractivity contribution in [1.82, 2.24) is 0 Å². The van der Waals surface area contributed by atoms with Crippen LogP contribution in [-0.4, -0.2) is 29.5 Å². The van der Waals surface area contributed by atoms with E-state index in [1.165, 1.54) is 12.6 Å². The fourth-order valence-electron chi connectivity index (χ4n) is 1.09. The Bertz CT molecular complexity index is 304. The summed E-state index contributed by atoms with van der Waals surface area (Å²) in [6.45, 7) is 0.221. The van der Waals surface area contributed by atoms with Gasteiger partial charge in [0.1, 0.15) is 6.20 Å². The molecular weight excluding hydrogens is 144 g/mol. The normalized spacial score (nSPS) is 33.9. The zero-order valence-corrected chi connectivity index (χ0v) is 5.77. The molecule has 2 N–H and O–H groups in total. The summed E-state index contributed by atoms with van der Waals surface area (Å²) in [5, 5.41) is 0. The van der Waals surface area contributed by atoms with Crippen LogP contribution in [-0.2, 0) is 4.79 Å². The van der Waals surface area contributed by atoms with Gasteiger partial charge in [0, 0.05) is 0 Å². The van der Waals surface area contributed by atoms with Crippen molar-refractivity contribution in [2.45, 2.75) is 0 Å². The van der Waals surface area contributed by atoms with Crippen LogP contribution in [0.15, 0.2) is 22.0 Å². The third-order valence-corrected chi connectivity index (χ3v) is 1.65. The number of fused-ring (bicyclic) bond motifs is 1. The van der Waals surface area contributed by atoms with Crippen LogP contribution in [0.4, 0.5) is 0 Å². The minimum Gasteiger partial charge on any atom is -0.287 e. The zero-order chi connectivity index (χ0) is 7.90. The highest BCUT2D eigenvalue weighted by Crippen LogP contribution is 2.18. The molecule has 1 atom stereocenters. The number of hydrogen-bond donors (Lipinski definition) is 1. The average Bonchev–Trinajstić information content (AvgIpc) is 2.28. The van der Waals surface area contributed by atoms with Crippen molar-refractivity contribution < 1.29 is 9.39 Å². The van der Waals surface area contributed by atoms with Gasteiger partial charge in [-0.1, -0.05) is 0 Å². The number of quaternary nitrogens is 1. The molecule has 0 saturated carbocycles. The lowest BCUT2D eigenvalue weighted by atomic mass is 10.3. The fraction of sp³-hybridized carbons (Fsp3) is 0.167. The summed E-state index contributed by atoms with van der Waals surface area (Å²) in [5.41, 5.74) is 0. The van der Waals surface area contributed by atoms with E-state index in [-0.39, 0.29) is 16.9 Å². The van der Waals surface area contributed by atoms with Gasteiger partial charge in [-0.2, -0.15) is 15.4 Å². The molecule has 2 rings (SSSR count). The van der Waals surface area contributed by atoms with Gasteiger partial charge >= 0.3 is 0 Å². The van der Waals surface area contributed by atoms with Crippen molar-refractivity contribution in [1.29, 1.82) is 0 Å². The monoisotopic (exact) mass is 151 g/mol. The molecule has 0 spiro atoms. The summed E-state index contributed by atoms with van der Waals surface area (Å²) in [4.78, 5) is 18.6. The van der Waals surface area contributed by atoms with Gasteiger partial charge in [0.2, 0.25) is 12.1 Å². The molecule has 56 valence electrons. The number of carbonyl (C=O) groups excluding carboxylic acids is 1. The summed E-state index contributed by atoms with van der Waals surface area (Å²) in [6.07, 6.45) is 4.34. The highest BCUT2D eigenvalue weighted by atomic mass is 16.1. The topological polar surface area (TPSA) is 67.8 Å². The Morgan fingerprint density at radius 1 is 1.64 bits per heavy atom. The number of rotatable bonds is 0. The highest BCUT2D eigenvalue weighted by molar-refractivity contribution is 6.29.